The van der Waals surface area contributed by atoms with E-state index in [2.05, 4.69) is 25.3 Å². The van der Waals surface area contributed by atoms with Crippen molar-refractivity contribution in [1.82, 2.24) is 0 Å². The van der Waals surface area contributed by atoms with Crippen molar-refractivity contribution in [3.05, 3.63) is 0 Å². The van der Waals surface area contributed by atoms with Crippen molar-refractivity contribution in [3.63, 3.8) is 0 Å². The summed E-state index contributed by atoms with van der Waals surface area (Å²) in [5, 5.41) is 56.5. The molecule has 0 saturated carbocycles. The van der Waals surface area contributed by atoms with E-state index in [1.54, 1.807) is 0 Å². The molecule has 0 fully saturated rings. The predicted octanol–water partition coefficient (Wildman–Crippen LogP) is -9.00. The van der Waals surface area contributed by atoms with Crippen LogP contribution in [0, 0.1) is 0 Å². The number of aliphatic hydroxyl groups is 2. The van der Waals surface area contributed by atoms with Gasteiger partial charge in [-0.05, 0) is 0 Å². The van der Waals surface area contributed by atoms with Crippen molar-refractivity contribution in [1.29, 1.82) is 0 Å². The average Bonchev–Trinajstić information content (AvgIpc) is 2.34. The van der Waals surface area contributed by atoms with Crippen LogP contribution in [0.1, 0.15) is 25.7 Å². The molecule has 0 radical (unpaired) electrons. The van der Waals surface area contributed by atoms with Crippen LogP contribution < -0.4 is 20.4 Å². The Hall–Kier alpha value is -0.121. The number of carbonyl (C=O) groups is 6. The number of aliphatic carboxylic acids is 4. The van der Waals surface area contributed by atoms with Gasteiger partial charge < -0.3 is 84.7 Å². The molecule has 0 aromatic rings. The van der Waals surface area contributed by atoms with Gasteiger partial charge in [-0.1, -0.05) is 0 Å². The van der Waals surface area contributed by atoms with Crippen LogP contribution in [0.5, 0.6) is 0 Å². The zero-order valence-corrected chi connectivity index (χ0v) is 20.6. The monoisotopic (exact) mass is 482 g/mol. The summed E-state index contributed by atoms with van der Waals surface area (Å²) >= 11 is 7.99. The maximum atomic E-state index is 10.3. The largest absolute Gasteiger partial charge is 2.00 e. The minimum Gasteiger partial charge on any atom is -0.742 e. The first-order valence-corrected chi connectivity index (χ1v) is 7.04. The normalized spacial score (nSPS) is 13.0. The summed E-state index contributed by atoms with van der Waals surface area (Å²) in [6, 6.07) is 0. The third-order valence-electron chi connectivity index (χ3n) is 2.51. The standard InChI is InChI=1S/2C6H8O6S.3Mg/c2*7-3(8)1-6(12,5(10)11)2-4(9)13;;;/h2*12H,1-2H2,(H,7,8)(H,9,13)(H,10,11);;;/q;;3*+2/p-6. The fourth-order valence-corrected chi connectivity index (χ4v) is 1.85. The summed E-state index contributed by atoms with van der Waals surface area (Å²) in [6.07, 6.45) is -4.42. The van der Waals surface area contributed by atoms with Crippen LogP contribution in [-0.4, -0.2) is 125 Å². The van der Waals surface area contributed by atoms with E-state index >= 15 is 0 Å². The van der Waals surface area contributed by atoms with Gasteiger partial charge in [0.1, 0.15) is 11.2 Å². The molecule has 0 heterocycles. The molecule has 12 nitrogen and oxygen atoms in total. The molecule has 2 unspecified atom stereocenters. The van der Waals surface area contributed by atoms with Gasteiger partial charge in [0.2, 0.25) is 0 Å². The van der Waals surface area contributed by atoms with Crippen molar-refractivity contribution < 1.29 is 59.4 Å². The van der Waals surface area contributed by atoms with E-state index in [1.807, 2.05) is 0 Å². The van der Waals surface area contributed by atoms with Gasteiger partial charge in [0, 0.05) is 47.9 Å². The molecule has 29 heavy (non-hydrogen) atoms. The maximum absolute atomic E-state index is 10.3. The average molecular weight is 483 g/mol. The smallest absolute Gasteiger partial charge is 0.742 e. The SMILES string of the molecule is O=C([O-])CC(O)(CC(=O)[S-])C(=O)[O-].O=C([O-])CC(O)(CC(=O)[S-])C(=O)[O-].[Mg+2].[Mg+2].[Mg+2]. The number of hydrogen-bond acceptors (Lipinski definition) is 14. The molecular weight excluding hydrogens is 473 g/mol. The summed E-state index contributed by atoms with van der Waals surface area (Å²) < 4.78 is 0. The topological polar surface area (TPSA) is 235 Å². The van der Waals surface area contributed by atoms with Crippen molar-refractivity contribution in [2.24, 2.45) is 0 Å². The third kappa shape index (κ3) is 18.4. The van der Waals surface area contributed by atoms with Crippen LogP contribution in [0.2, 0.25) is 0 Å². The Bertz CT molecular complexity index is 529. The van der Waals surface area contributed by atoms with E-state index < -0.39 is 71.0 Å². The van der Waals surface area contributed by atoms with E-state index in [0.717, 1.165) is 0 Å². The number of carboxylic acid groups (broad SMARTS) is 4. The van der Waals surface area contributed by atoms with Crippen LogP contribution >= 0.6 is 0 Å². The Balaban J connectivity index is -0.000000120. The van der Waals surface area contributed by atoms with Crippen LogP contribution in [0.4, 0.5) is 0 Å². The Morgan fingerprint density at radius 1 is 0.586 bits per heavy atom. The molecule has 0 spiro atoms. The molecule has 0 amide bonds. The molecule has 0 aliphatic rings. The predicted molar refractivity (Wildman–Crippen MR) is 90.4 cm³/mol. The summed E-state index contributed by atoms with van der Waals surface area (Å²) in [6.45, 7) is 0. The number of carboxylic acids is 4. The zero-order valence-electron chi connectivity index (χ0n) is 14.7. The van der Waals surface area contributed by atoms with Crippen LogP contribution in [0.3, 0.4) is 0 Å². The first-order chi connectivity index (χ1) is 11.6. The fraction of sp³-hybridized carbons (Fsp3) is 0.500. The molecule has 0 aromatic carbocycles. The van der Waals surface area contributed by atoms with Gasteiger partial charge in [-0.3, -0.25) is 0 Å². The van der Waals surface area contributed by atoms with Gasteiger partial charge in [-0.15, -0.1) is 0 Å². The Kier molecular flexibility index (Phi) is 23.8. The zero-order chi connectivity index (χ0) is 21.3. The molecule has 0 bridgehead atoms. The van der Waals surface area contributed by atoms with E-state index in [4.69, 9.17) is 10.2 Å². The first kappa shape index (κ1) is 39.4. The minimum absolute atomic E-state index is 0. The summed E-state index contributed by atoms with van der Waals surface area (Å²) in [4.78, 5) is 61.1. The summed E-state index contributed by atoms with van der Waals surface area (Å²) in [7, 11) is 0. The number of hydrogen-bond donors (Lipinski definition) is 2. The van der Waals surface area contributed by atoms with Gasteiger partial charge in [0.25, 0.3) is 0 Å². The molecule has 148 valence electrons. The van der Waals surface area contributed by atoms with Gasteiger partial charge in [0.15, 0.2) is 0 Å². The van der Waals surface area contributed by atoms with E-state index in [9.17, 15) is 49.2 Å². The molecule has 0 aliphatic carbocycles. The van der Waals surface area contributed by atoms with Gasteiger partial charge in [-0.25, -0.2) is 0 Å². The van der Waals surface area contributed by atoms with Crippen molar-refractivity contribution >= 4 is 129 Å². The quantitative estimate of drug-likeness (QED) is 0.217. The molecule has 0 aromatic heterocycles. The first-order valence-electron chi connectivity index (χ1n) is 6.23. The van der Waals surface area contributed by atoms with Crippen LogP contribution in [0.25, 0.3) is 0 Å². The molecule has 0 rings (SSSR count). The van der Waals surface area contributed by atoms with Gasteiger partial charge >= 0.3 is 69.2 Å². The second-order valence-electron chi connectivity index (χ2n) is 4.83. The second kappa shape index (κ2) is 17.5. The van der Waals surface area contributed by atoms with Crippen molar-refractivity contribution in [3.8, 4) is 0 Å². The van der Waals surface area contributed by atoms with Crippen molar-refractivity contribution in [2.75, 3.05) is 0 Å². The summed E-state index contributed by atoms with van der Waals surface area (Å²) in [5.74, 6) is -7.73. The number of rotatable bonds is 10. The molecule has 0 saturated heterocycles. The molecule has 2 atom stereocenters. The fourth-order valence-electron chi connectivity index (χ4n) is 1.37. The van der Waals surface area contributed by atoms with E-state index in [-0.39, 0.29) is 69.2 Å². The number of carbonyl (C=O) groups excluding carboxylic acids is 6. The Labute approximate surface area is 223 Å². The Morgan fingerprint density at radius 2 is 0.793 bits per heavy atom. The van der Waals surface area contributed by atoms with Crippen LogP contribution in [0.15, 0.2) is 0 Å². The van der Waals surface area contributed by atoms with E-state index in [0.29, 0.717) is 0 Å². The Morgan fingerprint density at radius 3 is 0.897 bits per heavy atom. The molecule has 0 aliphatic heterocycles. The molecule has 17 heteroatoms. The van der Waals surface area contributed by atoms with Gasteiger partial charge in [0.05, 0.1) is 11.9 Å². The maximum Gasteiger partial charge on any atom is 2.00 e. The van der Waals surface area contributed by atoms with Crippen molar-refractivity contribution in [2.45, 2.75) is 36.9 Å². The van der Waals surface area contributed by atoms with Crippen LogP contribution in [-0.2, 0) is 54.0 Å². The minimum atomic E-state index is -2.77. The molecule has 2 N–H and O–H groups in total. The van der Waals surface area contributed by atoms with E-state index in [1.165, 1.54) is 0 Å². The third-order valence-corrected chi connectivity index (χ3v) is 2.80. The van der Waals surface area contributed by atoms with Gasteiger partial charge in [-0.2, -0.15) is 0 Å². The summed E-state index contributed by atoms with van der Waals surface area (Å²) in [5.41, 5.74) is -5.53. The molecular formula is C12H10Mg3O12S2. The second-order valence-corrected chi connectivity index (χ2v) is 5.74.